The SMILES string of the molecule is CC(=O)OCCCC1(c2ccc(Cl)c(Cl)c2)CCC(=O)NC1=O. The molecule has 1 atom stereocenters. The first kappa shape index (κ1) is 17.8. The molecule has 2 rings (SSSR count). The summed E-state index contributed by atoms with van der Waals surface area (Å²) in [5.74, 6) is -1.00. The number of rotatable bonds is 5. The molecule has 0 spiro atoms. The maximum absolute atomic E-state index is 12.5. The normalized spacial score (nSPS) is 21.0. The van der Waals surface area contributed by atoms with Crippen LogP contribution in [0.5, 0.6) is 0 Å². The van der Waals surface area contributed by atoms with Crippen molar-refractivity contribution in [2.45, 2.75) is 38.0 Å². The zero-order valence-electron chi connectivity index (χ0n) is 12.7. The first-order valence-corrected chi connectivity index (χ1v) is 8.04. The minimum Gasteiger partial charge on any atom is -0.466 e. The highest BCUT2D eigenvalue weighted by Gasteiger charge is 2.43. The summed E-state index contributed by atoms with van der Waals surface area (Å²) in [5.41, 5.74) is -0.165. The predicted molar refractivity (Wildman–Crippen MR) is 86.4 cm³/mol. The second-order valence-electron chi connectivity index (χ2n) is 5.53. The van der Waals surface area contributed by atoms with Gasteiger partial charge in [0.25, 0.3) is 0 Å². The van der Waals surface area contributed by atoms with Gasteiger partial charge in [0.1, 0.15) is 0 Å². The van der Waals surface area contributed by atoms with E-state index in [4.69, 9.17) is 27.9 Å². The van der Waals surface area contributed by atoms with Crippen LogP contribution in [0.3, 0.4) is 0 Å². The molecule has 23 heavy (non-hydrogen) atoms. The quantitative estimate of drug-likeness (QED) is 0.499. The van der Waals surface area contributed by atoms with Crippen molar-refractivity contribution in [3.8, 4) is 0 Å². The molecular formula is C16H17Cl2NO4. The second kappa shape index (κ2) is 7.32. The van der Waals surface area contributed by atoms with E-state index in [1.54, 1.807) is 18.2 Å². The third kappa shape index (κ3) is 4.03. The topological polar surface area (TPSA) is 72.5 Å². The third-order valence-corrected chi connectivity index (χ3v) is 4.73. The smallest absolute Gasteiger partial charge is 0.302 e. The molecule has 7 heteroatoms. The van der Waals surface area contributed by atoms with Crippen molar-refractivity contribution in [3.63, 3.8) is 0 Å². The Labute approximate surface area is 144 Å². The molecule has 2 amide bonds. The fourth-order valence-corrected chi connectivity index (χ4v) is 3.09. The molecule has 1 aliphatic heterocycles. The average Bonchev–Trinajstić information content (AvgIpc) is 2.48. The summed E-state index contributed by atoms with van der Waals surface area (Å²) in [6.07, 6.45) is 1.58. The van der Waals surface area contributed by atoms with Gasteiger partial charge in [0.15, 0.2) is 0 Å². The third-order valence-electron chi connectivity index (χ3n) is 3.99. The summed E-state index contributed by atoms with van der Waals surface area (Å²) < 4.78 is 4.93. The number of carbonyl (C=O) groups excluding carboxylic acids is 3. The van der Waals surface area contributed by atoms with Crippen LogP contribution in [0.1, 0.15) is 38.2 Å². The van der Waals surface area contributed by atoms with Gasteiger partial charge >= 0.3 is 5.97 Å². The largest absolute Gasteiger partial charge is 0.466 e. The van der Waals surface area contributed by atoms with E-state index >= 15 is 0 Å². The molecule has 1 aliphatic rings. The number of piperidine rings is 1. The van der Waals surface area contributed by atoms with Crippen molar-refractivity contribution in [1.82, 2.24) is 5.32 Å². The van der Waals surface area contributed by atoms with Gasteiger partial charge in [-0.25, -0.2) is 0 Å². The molecule has 0 saturated carbocycles. The van der Waals surface area contributed by atoms with E-state index < -0.39 is 5.41 Å². The molecule has 0 aliphatic carbocycles. The summed E-state index contributed by atoms with van der Waals surface area (Å²) in [6, 6.07) is 5.04. The van der Waals surface area contributed by atoms with Crippen LogP contribution in [0.4, 0.5) is 0 Å². The van der Waals surface area contributed by atoms with Gasteiger partial charge in [-0.2, -0.15) is 0 Å². The fraction of sp³-hybridized carbons (Fsp3) is 0.438. The maximum Gasteiger partial charge on any atom is 0.302 e. The van der Waals surface area contributed by atoms with Gasteiger partial charge in [-0.15, -0.1) is 0 Å². The highest BCUT2D eigenvalue weighted by atomic mass is 35.5. The molecule has 1 aromatic rings. The summed E-state index contributed by atoms with van der Waals surface area (Å²) in [5, 5.41) is 3.15. The Morgan fingerprint density at radius 1 is 1.30 bits per heavy atom. The minimum absolute atomic E-state index is 0.222. The van der Waals surface area contributed by atoms with E-state index in [0.717, 1.165) is 0 Å². The van der Waals surface area contributed by atoms with Crippen molar-refractivity contribution < 1.29 is 19.1 Å². The van der Waals surface area contributed by atoms with E-state index in [9.17, 15) is 14.4 Å². The van der Waals surface area contributed by atoms with Crippen LogP contribution in [0, 0.1) is 0 Å². The number of hydrogen-bond donors (Lipinski definition) is 1. The number of esters is 1. The Morgan fingerprint density at radius 2 is 2.04 bits per heavy atom. The molecule has 1 heterocycles. The summed E-state index contributed by atoms with van der Waals surface area (Å²) >= 11 is 12.0. The van der Waals surface area contributed by atoms with Crippen LogP contribution in [0.15, 0.2) is 18.2 Å². The fourth-order valence-electron chi connectivity index (χ4n) is 2.79. The molecule has 1 saturated heterocycles. The van der Waals surface area contributed by atoms with Gasteiger partial charge in [0.2, 0.25) is 11.8 Å². The number of carbonyl (C=O) groups is 3. The van der Waals surface area contributed by atoms with Gasteiger partial charge in [0, 0.05) is 13.3 Å². The Morgan fingerprint density at radius 3 is 2.65 bits per heavy atom. The molecule has 1 N–H and O–H groups in total. The van der Waals surface area contributed by atoms with E-state index in [1.807, 2.05) is 0 Å². The summed E-state index contributed by atoms with van der Waals surface area (Å²) in [7, 11) is 0. The molecule has 0 bridgehead atoms. The van der Waals surface area contributed by atoms with E-state index in [0.29, 0.717) is 34.9 Å². The number of nitrogens with one attached hydrogen (secondary N) is 1. The molecule has 5 nitrogen and oxygen atoms in total. The van der Waals surface area contributed by atoms with Crippen LogP contribution >= 0.6 is 23.2 Å². The second-order valence-corrected chi connectivity index (χ2v) is 6.35. The Hall–Kier alpha value is -1.59. The standard InChI is InChI=1S/C16H17Cl2NO4/c1-10(20)23-8-2-6-16(7-5-14(21)19-15(16)22)11-3-4-12(17)13(18)9-11/h3-4,9H,2,5-8H2,1H3,(H,19,21,22). The number of imide groups is 1. The molecular weight excluding hydrogens is 341 g/mol. The van der Waals surface area contributed by atoms with Crippen LogP contribution in [0.25, 0.3) is 0 Å². The van der Waals surface area contributed by atoms with Crippen molar-refractivity contribution in [2.75, 3.05) is 6.61 Å². The van der Waals surface area contributed by atoms with Gasteiger partial charge in [-0.3, -0.25) is 19.7 Å². The number of hydrogen-bond acceptors (Lipinski definition) is 4. The molecule has 124 valence electrons. The van der Waals surface area contributed by atoms with Gasteiger partial charge < -0.3 is 4.74 Å². The zero-order chi connectivity index (χ0) is 17.0. The number of amides is 2. The first-order chi connectivity index (χ1) is 10.8. The van der Waals surface area contributed by atoms with Crippen molar-refractivity contribution in [1.29, 1.82) is 0 Å². The zero-order valence-corrected chi connectivity index (χ0v) is 14.2. The van der Waals surface area contributed by atoms with Gasteiger partial charge in [-0.05, 0) is 37.0 Å². The van der Waals surface area contributed by atoms with E-state index in [2.05, 4.69) is 5.32 Å². The van der Waals surface area contributed by atoms with Crippen LogP contribution in [-0.4, -0.2) is 24.4 Å². The molecule has 0 radical (unpaired) electrons. The molecule has 1 fully saturated rings. The van der Waals surface area contributed by atoms with E-state index in [1.165, 1.54) is 6.92 Å². The summed E-state index contributed by atoms with van der Waals surface area (Å²) in [4.78, 5) is 34.9. The monoisotopic (exact) mass is 357 g/mol. The lowest BCUT2D eigenvalue weighted by Gasteiger charge is -2.36. The predicted octanol–water partition coefficient (Wildman–Crippen LogP) is 3.01. The Bertz CT molecular complexity index is 647. The van der Waals surface area contributed by atoms with Gasteiger partial charge in [0.05, 0.1) is 22.1 Å². The Kier molecular flexibility index (Phi) is 5.65. The highest BCUT2D eigenvalue weighted by Crippen LogP contribution is 2.39. The van der Waals surface area contributed by atoms with E-state index in [-0.39, 0.29) is 30.8 Å². The van der Waals surface area contributed by atoms with Crippen LogP contribution in [0.2, 0.25) is 10.0 Å². The lowest BCUT2D eigenvalue weighted by atomic mass is 9.71. The van der Waals surface area contributed by atoms with Gasteiger partial charge in [-0.1, -0.05) is 29.3 Å². The van der Waals surface area contributed by atoms with Crippen LogP contribution in [-0.2, 0) is 24.5 Å². The van der Waals surface area contributed by atoms with Crippen molar-refractivity contribution in [3.05, 3.63) is 33.8 Å². The number of halogens is 2. The molecule has 0 aromatic heterocycles. The highest BCUT2D eigenvalue weighted by molar-refractivity contribution is 6.42. The van der Waals surface area contributed by atoms with Crippen LogP contribution < -0.4 is 5.32 Å². The first-order valence-electron chi connectivity index (χ1n) is 7.28. The van der Waals surface area contributed by atoms with Crippen molar-refractivity contribution >= 4 is 41.0 Å². The Balaban J connectivity index is 2.27. The molecule has 1 aromatic carbocycles. The number of benzene rings is 1. The lowest BCUT2D eigenvalue weighted by molar-refractivity contribution is -0.141. The summed E-state index contributed by atoms with van der Waals surface area (Å²) in [6.45, 7) is 1.56. The van der Waals surface area contributed by atoms with Crippen molar-refractivity contribution in [2.24, 2.45) is 0 Å². The lowest BCUT2D eigenvalue weighted by Crippen LogP contribution is -2.51. The maximum atomic E-state index is 12.5. The number of ether oxygens (including phenoxy) is 1. The minimum atomic E-state index is -0.873. The average molecular weight is 358 g/mol. The molecule has 1 unspecified atom stereocenters.